The van der Waals surface area contributed by atoms with Gasteiger partial charge in [-0.25, -0.2) is 0 Å². The van der Waals surface area contributed by atoms with Crippen molar-refractivity contribution in [2.75, 3.05) is 46.4 Å². The number of carboxylic acid groups (broad SMARTS) is 1. The number of ether oxygens (including phenoxy) is 1. The van der Waals surface area contributed by atoms with Crippen LogP contribution in [0.25, 0.3) is 0 Å². The Morgan fingerprint density at radius 3 is 2.87 bits per heavy atom. The van der Waals surface area contributed by atoms with E-state index in [2.05, 4.69) is 17.0 Å². The van der Waals surface area contributed by atoms with Gasteiger partial charge in [-0.1, -0.05) is 23.7 Å². The van der Waals surface area contributed by atoms with E-state index in [1.807, 2.05) is 19.2 Å². The highest BCUT2D eigenvalue weighted by molar-refractivity contribution is 6.30. The van der Waals surface area contributed by atoms with Crippen LogP contribution in [0.3, 0.4) is 0 Å². The summed E-state index contributed by atoms with van der Waals surface area (Å²) in [5.41, 5.74) is 1.31. The molecular formula is C17H25ClN2O3. The molecule has 128 valence electrons. The van der Waals surface area contributed by atoms with E-state index in [-0.39, 0.29) is 12.6 Å². The Kier molecular flexibility index (Phi) is 7.30. The monoisotopic (exact) mass is 340 g/mol. The van der Waals surface area contributed by atoms with Gasteiger partial charge in [0.15, 0.2) is 0 Å². The number of hydrogen-bond acceptors (Lipinski definition) is 4. The zero-order chi connectivity index (χ0) is 16.7. The first-order valence-corrected chi connectivity index (χ1v) is 8.39. The minimum Gasteiger partial charge on any atom is -0.480 e. The number of morpholine rings is 1. The lowest BCUT2D eigenvalue weighted by Crippen LogP contribution is -2.47. The number of aryl methyl sites for hydroxylation is 1. The Balaban J connectivity index is 1.69. The molecule has 1 saturated heterocycles. The lowest BCUT2D eigenvalue weighted by Gasteiger charge is -2.34. The van der Waals surface area contributed by atoms with Gasteiger partial charge < -0.3 is 9.84 Å². The van der Waals surface area contributed by atoms with Crippen LogP contribution >= 0.6 is 11.6 Å². The highest BCUT2D eigenvalue weighted by Crippen LogP contribution is 2.12. The standard InChI is InChI=1S/C17H25ClN2O3/c1-19(13-17(21)22)11-16-12-20(9-10-23-16)8-2-3-14-4-6-15(18)7-5-14/h4-7,16H,2-3,8-13H2,1H3,(H,21,22). The fraction of sp³-hybridized carbons (Fsp3) is 0.588. The topological polar surface area (TPSA) is 53.0 Å². The van der Waals surface area contributed by atoms with Crippen molar-refractivity contribution < 1.29 is 14.6 Å². The molecule has 5 nitrogen and oxygen atoms in total. The first-order valence-electron chi connectivity index (χ1n) is 8.01. The number of rotatable bonds is 8. The Bertz CT molecular complexity index is 495. The van der Waals surface area contributed by atoms with Crippen LogP contribution in [-0.4, -0.2) is 73.4 Å². The molecule has 6 heteroatoms. The Morgan fingerprint density at radius 2 is 2.17 bits per heavy atom. The van der Waals surface area contributed by atoms with Gasteiger partial charge in [0.2, 0.25) is 0 Å². The van der Waals surface area contributed by atoms with Crippen LogP contribution in [0.1, 0.15) is 12.0 Å². The lowest BCUT2D eigenvalue weighted by atomic mass is 10.1. The quantitative estimate of drug-likeness (QED) is 0.784. The molecular weight excluding hydrogens is 316 g/mol. The van der Waals surface area contributed by atoms with Gasteiger partial charge in [-0.2, -0.15) is 0 Å². The minimum atomic E-state index is -0.803. The molecule has 1 N–H and O–H groups in total. The molecule has 0 spiro atoms. The normalized spacial score (nSPS) is 19.2. The summed E-state index contributed by atoms with van der Waals surface area (Å²) in [6.07, 6.45) is 2.22. The van der Waals surface area contributed by atoms with Crippen molar-refractivity contribution in [1.29, 1.82) is 0 Å². The van der Waals surface area contributed by atoms with E-state index in [9.17, 15) is 4.79 Å². The summed E-state index contributed by atoms with van der Waals surface area (Å²) in [6.45, 7) is 4.26. The average molecular weight is 341 g/mol. The average Bonchev–Trinajstić information content (AvgIpc) is 2.49. The number of benzene rings is 1. The third kappa shape index (κ3) is 6.87. The van der Waals surface area contributed by atoms with Crippen LogP contribution in [-0.2, 0) is 16.0 Å². The van der Waals surface area contributed by atoms with E-state index >= 15 is 0 Å². The zero-order valence-electron chi connectivity index (χ0n) is 13.6. The van der Waals surface area contributed by atoms with Gasteiger partial charge in [0.1, 0.15) is 0 Å². The van der Waals surface area contributed by atoms with Gasteiger partial charge in [0, 0.05) is 24.7 Å². The molecule has 2 rings (SSSR count). The number of halogens is 1. The van der Waals surface area contributed by atoms with Gasteiger partial charge in [0.05, 0.1) is 19.3 Å². The fourth-order valence-corrected chi connectivity index (χ4v) is 3.02. The van der Waals surface area contributed by atoms with E-state index in [0.717, 1.165) is 37.5 Å². The van der Waals surface area contributed by atoms with Crippen LogP contribution in [0, 0.1) is 0 Å². The highest BCUT2D eigenvalue weighted by atomic mass is 35.5. The first kappa shape index (κ1) is 18.2. The fourth-order valence-electron chi connectivity index (χ4n) is 2.89. The van der Waals surface area contributed by atoms with Gasteiger partial charge in [-0.05, 0) is 44.1 Å². The van der Waals surface area contributed by atoms with Crippen molar-refractivity contribution in [3.05, 3.63) is 34.9 Å². The number of likely N-dealkylation sites (N-methyl/N-ethyl adjacent to an activating group) is 1. The Hall–Kier alpha value is -1.14. The van der Waals surface area contributed by atoms with Crippen LogP contribution < -0.4 is 0 Å². The molecule has 0 aromatic heterocycles. The summed E-state index contributed by atoms with van der Waals surface area (Å²) in [4.78, 5) is 14.9. The molecule has 0 aliphatic carbocycles. The highest BCUT2D eigenvalue weighted by Gasteiger charge is 2.21. The molecule has 1 unspecified atom stereocenters. The second-order valence-electron chi connectivity index (χ2n) is 6.11. The van der Waals surface area contributed by atoms with E-state index < -0.39 is 5.97 Å². The van der Waals surface area contributed by atoms with E-state index in [1.54, 1.807) is 4.90 Å². The van der Waals surface area contributed by atoms with Crippen LogP contribution in [0.4, 0.5) is 0 Å². The SMILES string of the molecule is CN(CC(=O)O)CC1CN(CCCc2ccc(Cl)cc2)CCO1. The van der Waals surface area contributed by atoms with Crippen LogP contribution in [0.15, 0.2) is 24.3 Å². The third-order valence-corrected chi connectivity index (χ3v) is 4.25. The van der Waals surface area contributed by atoms with E-state index in [4.69, 9.17) is 21.4 Å². The molecule has 1 aliphatic heterocycles. The number of hydrogen-bond donors (Lipinski definition) is 1. The maximum Gasteiger partial charge on any atom is 0.317 e. The van der Waals surface area contributed by atoms with Gasteiger partial charge in [0.25, 0.3) is 0 Å². The Labute approximate surface area is 142 Å². The summed E-state index contributed by atoms with van der Waals surface area (Å²) in [6, 6.07) is 8.01. The van der Waals surface area contributed by atoms with E-state index in [0.29, 0.717) is 13.2 Å². The number of nitrogens with zero attached hydrogens (tertiary/aromatic N) is 2. The summed E-state index contributed by atoms with van der Waals surface area (Å²) in [5.74, 6) is -0.803. The molecule has 0 bridgehead atoms. The largest absolute Gasteiger partial charge is 0.480 e. The molecule has 23 heavy (non-hydrogen) atoms. The smallest absolute Gasteiger partial charge is 0.317 e. The third-order valence-electron chi connectivity index (χ3n) is 4.00. The van der Waals surface area contributed by atoms with Crippen molar-refractivity contribution in [1.82, 2.24) is 9.80 Å². The predicted molar refractivity (Wildman–Crippen MR) is 91.1 cm³/mol. The first-order chi connectivity index (χ1) is 11.0. The van der Waals surface area contributed by atoms with Crippen molar-refractivity contribution in [2.45, 2.75) is 18.9 Å². The van der Waals surface area contributed by atoms with Crippen molar-refractivity contribution in [3.8, 4) is 0 Å². The van der Waals surface area contributed by atoms with E-state index in [1.165, 1.54) is 5.56 Å². The molecule has 0 amide bonds. The molecule has 1 atom stereocenters. The molecule has 1 aromatic carbocycles. The number of carbonyl (C=O) groups is 1. The Morgan fingerprint density at radius 1 is 1.43 bits per heavy atom. The summed E-state index contributed by atoms with van der Waals surface area (Å²) in [7, 11) is 1.82. The summed E-state index contributed by atoms with van der Waals surface area (Å²) in [5, 5.41) is 9.58. The van der Waals surface area contributed by atoms with Gasteiger partial charge >= 0.3 is 5.97 Å². The van der Waals surface area contributed by atoms with Gasteiger partial charge in [-0.3, -0.25) is 14.6 Å². The summed E-state index contributed by atoms with van der Waals surface area (Å²) >= 11 is 5.89. The molecule has 1 fully saturated rings. The van der Waals surface area contributed by atoms with Crippen LogP contribution in [0.2, 0.25) is 5.02 Å². The van der Waals surface area contributed by atoms with Crippen molar-refractivity contribution >= 4 is 17.6 Å². The van der Waals surface area contributed by atoms with Gasteiger partial charge in [-0.15, -0.1) is 0 Å². The maximum absolute atomic E-state index is 10.7. The second-order valence-corrected chi connectivity index (χ2v) is 6.55. The lowest BCUT2D eigenvalue weighted by molar-refractivity contribution is -0.138. The number of aliphatic carboxylic acids is 1. The number of carboxylic acids is 1. The molecule has 0 radical (unpaired) electrons. The van der Waals surface area contributed by atoms with Crippen molar-refractivity contribution in [3.63, 3.8) is 0 Å². The minimum absolute atomic E-state index is 0.0520. The van der Waals surface area contributed by atoms with Crippen LogP contribution in [0.5, 0.6) is 0 Å². The van der Waals surface area contributed by atoms with Crippen molar-refractivity contribution in [2.24, 2.45) is 0 Å². The molecule has 0 saturated carbocycles. The molecule has 1 aromatic rings. The zero-order valence-corrected chi connectivity index (χ0v) is 14.3. The second kappa shape index (κ2) is 9.23. The maximum atomic E-state index is 10.7. The summed E-state index contributed by atoms with van der Waals surface area (Å²) < 4.78 is 5.75. The molecule has 1 heterocycles. The molecule has 1 aliphatic rings. The predicted octanol–water partition coefficient (Wildman–Crippen LogP) is 1.99.